The van der Waals surface area contributed by atoms with E-state index >= 15 is 0 Å². The van der Waals surface area contributed by atoms with Crippen molar-refractivity contribution in [3.05, 3.63) is 78.1 Å². The van der Waals surface area contributed by atoms with Gasteiger partial charge in [0, 0.05) is 24.0 Å². The van der Waals surface area contributed by atoms with Crippen LogP contribution in [-0.4, -0.2) is 17.6 Å². The lowest BCUT2D eigenvalue weighted by atomic mass is 10.1. The molecule has 1 heterocycles. The summed E-state index contributed by atoms with van der Waals surface area (Å²) in [6.45, 7) is 0.925. The van der Waals surface area contributed by atoms with Crippen LogP contribution in [-0.2, 0) is 11.3 Å². The molecular weight excluding hydrogens is 312 g/mol. The second-order valence-electron chi connectivity index (χ2n) is 6.46. The van der Waals surface area contributed by atoms with Crippen molar-refractivity contribution in [1.82, 2.24) is 10.3 Å². The van der Waals surface area contributed by atoms with Crippen molar-refractivity contribution >= 4 is 16.9 Å². The number of nitrogens with one attached hydrogen (secondary N) is 1. The van der Waals surface area contributed by atoms with Gasteiger partial charge in [-0.05, 0) is 29.4 Å². The number of rotatable bonds is 5. The third-order valence-electron chi connectivity index (χ3n) is 4.70. The van der Waals surface area contributed by atoms with Gasteiger partial charge in [0.25, 0.3) is 0 Å². The largest absolute Gasteiger partial charge is 0.445 e. The Morgan fingerprint density at radius 3 is 2.76 bits per heavy atom. The topological polar surface area (TPSA) is 51.2 Å². The van der Waals surface area contributed by atoms with E-state index in [1.165, 1.54) is 10.8 Å². The summed E-state index contributed by atoms with van der Waals surface area (Å²) < 4.78 is 5.25. The maximum atomic E-state index is 11.9. The number of fused-ring (bicyclic) bond motifs is 1. The highest BCUT2D eigenvalue weighted by atomic mass is 16.5. The average molecular weight is 332 g/mol. The van der Waals surface area contributed by atoms with E-state index in [0.29, 0.717) is 25.0 Å². The predicted molar refractivity (Wildman–Crippen MR) is 97.2 cm³/mol. The number of ether oxygens (including phenoxy) is 1. The molecule has 3 aromatic rings. The van der Waals surface area contributed by atoms with E-state index in [2.05, 4.69) is 22.4 Å². The van der Waals surface area contributed by atoms with Gasteiger partial charge < -0.3 is 10.1 Å². The summed E-state index contributed by atoms with van der Waals surface area (Å²) in [7, 11) is 0. The molecule has 1 saturated carbocycles. The molecule has 25 heavy (non-hydrogen) atoms. The molecule has 4 heteroatoms. The Labute approximate surface area is 146 Å². The van der Waals surface area contributed by atoms with Crippen molar-refractivity contribution in [2.45, 2.75) is 18.9 Å². The average Bonchev–Trinajstić information content (AvgIpc) is 3.44. The molecule has 1 aromatic heterocycles. The monoisotopic (exact) mass is 332 g/mol. The first-order chi connectivity index (χ1) is 12.3. The van der Waals surface area contributed by atoms with Gasteiger partial charge in [-0.3, -0.25) is 4.98 Å². The van der Waals surface area contributed by atoms with Crippen LogP contribution in [0.15, 0.2) is 66.9 Å². The number of nitrogens with zero attached hydrogens (tertiary/aromatic N) is 1. The number of benzene rings is 2. The molecule has 1 amide bonds. The minimum atomic E-state index is -0.361. The zero-order valence-corrected chi connectivity index (χ0v) is 13.9. The first-order valence-corrected chi connectivity index (χ1v) is 8.59. The van der Waals surface area contributed by atoms with E-state index in [9.17, 15) is 4.79 Å². The number of carbonyl (C=O) groups is 1. The third kappa shape index (κ3) is 3.63. The van der Waals surface area contributed by atoms with Gasteiger partial charge in [-0.1, -0.05) is 54.6 Å². The number of carbonyl (C=O) groups excluding carboxylic acids is 1. The fourth-order valence-corrected chi connectivity index (χ4v) is 3.24. The summed E-state index contributed by atoms with van der Waals surface area (Å²) >= 11 is 0. The lowest BCUT2D eigenvalue weighted by Crippen LogP contribution is -2.26. The Morgan fingerprint density at radius 2 is 1.88 bits per heavy atom. The summed E-state index contributed by atoms with van der Waals surface area (Å²) in [5.41, 5.74) is 2.13. The van der Waals surface area contributed by atoms with E-state index in [-0.39, 0.29) is 6.09 Å². The SMILES string of the molecule is O=C(NC[C@@H]1C[C@H]1c1nccc2ccccc12)OCc1ccccc1. The molecule has 0 saturated heterocycles. The normalized spacial score (nSPS) is 18.7. The van der Waals surface area contributed by atoms with Crippen molar-refractivity contribution < 1.29 is 9.53 Å². The minimum Gasteiger partial charge on any atom is -0.445 e. The highest BCUT2D eigenvalue weighted by molar-refractivity contribution is 5.85. The number of aromatic nitrogens is 1. The van der Waals surface area contributed by atoms with Crippen molar-refractivity contribution in [2.24, 2.45) is 5.92 Å². The molecule has 0 bridgehead atoms. The Hall–Kier alpha value is -2.88. The van der Waals surface area contributed by atoms with E-state index in [1.807, 2.05) is 54.7 Å². The first kappa shape index (κ1) is 15.6. The summed E-state index contributed by atoms with van der Waals surface area (Å²) in [6, 6.07) is 20.0. The number of amides is 1. The lowest BCUT2D eigenvalue weighted by Gasteiger charge is -2.08. The minimum absolute atomic E-state index is 0.297. The van der Waals surface area contributed by atoms with Crippen molar-refractivity contribution in [3.63, 3.8) is 0 Å². The second kappa shape index (κ2) is 6.93. The molecule has 2 aromatic carbocycles. The molecule has 2 atom stereocenters. The molecule has 0 unspecified atom stereocenters. The number of pyridine rings is 1. The van der Waals surface area contributed by atoms with Gasteiger partial charge in [-0.2, -0.15) is 0 Å². The maximum absolute atomic E-state index is 11.9. The summed E-state index contributed by atoms with van der Waals surface area (Å²) in [5, 5.41) is 5.30. The fraction of sp³-hybridized carbons (Fsp3) is 0.238. The van der Waals surface area contributed by atoms with Gasteiger partial charge in [0.05, 0.1) is 5.69 Å². The van der Waals surface area contributed by atoms with E-state index < -0.39 is 0 Å². The van der Waals surface area contributed by atoms with Crippen molar-refractivity contribution in [2.75, 3.05) is 6.54 Å². The van der Waals surface area contributed by atoms with Crippen LogP contribution in [0.1, 0.15) is 23.6 Å². The third-order valence-corrected chi connectivity index (χ3v) is 4.70. The van der Waals surface area contributed by atoms with E-state index in [0.717, 1.165) is 17.7 Å². The molecule has 1 aliphatic rings. The summed E-state index contributed by atoms with van der Waals surface area (Å²) in [4.78, 5) is 16.4. The Morgan fingerprint density at radius 1 is 1.08 bits per heavy atom. The molecule has 126 valence electrons. The van der Waals surface area contributed by atoms with Crippen LogP contribution < -0.4 is 5.32 Å². The molecule has 0 aliphatic heterocycles. The standard InChI is InChI=1S/C21H20N2O2/c24-21(25-14-15-6-2-1-3-7-15)23-13-17-12-19(17)20-18-9-5-4-8-16(18)10-11-22-20/h1-11,17,19H,12-14H2,(H,23,24)/t17-,19+/m0/s1. The Bertz CT molecular complexity index is 874. The fourth-order valence-electron chi connectivity index (χ4n) is 3.24. The van der Waals surface area contributed by atoms with Crippen LogP contribution in [0.25, 0.3) is 10.8 Å². The second-order valence-corrected chi connectivity index (χ2v) is 6.46. The van der Waals surface area contributed by atoms with Crippen LogP contribution in [0.4, 0.5) is 4.79 Å². The number of hydrogen-bond acceptors (Lipinski definition) is 3. The Kier molecular flexibility index (Phi) is 4.34. The predicted octanol–water partition coefficient (Wildman–Crippen LogP) is 4.26. The van der Waals surface area contributed by atoms with Crippen molar-refractivity contribution in [3.8, 4) is 0 Å². The van der Waals surface area contributed by atoms with Crippen LogP contribution in [0.3, 0.4) is 0 Å². The van der Waals surface area contributed by atoms with Gasteiger partial charge in [-0.25, -0.2) is 4.79 Å². The van der Waals surface area contributed by atoms with E-state index in [1.54, 1.807) is 0 Å². The molecule has 4 nitrogen and oxygen atoms in total. The quantitative estimate of drug-likeness (QED) is 0.759. The summed E-state index contributed by atoms with van der Waals surface area (Å²) in [6.07, 6.45) is 2.56. The molecule has 1 aliphatic carbocycles. The van der Waals surface area contributed by atoms with Crippen molar-refractivity contribution in [1.29, 1.82) is 0 Å². The van der Waals surface area contributed by atoms with Crippen LogP contribution in [0, 0.1) is 5.92 Å². The summed E-state index contributed by atoms with van der Waals surface area (Å²) in [5.74, 6) is 0.850. The molecule has 0 spiro atoms. The highest BCUT2D eigenvalue weighted by Gasteiger charge is 2.40. The van der Waals surface area contributed by atoms with Crippen LogP contribution in [0.5, 0.6) is 0 Å². The zero-order chi connectivity index (χ0) is 17.1. The van der Waals surface area contributed by atoms with Crippen LogP contribution in [0.2, 0.25) is 0 Å². The molecular formula is C21H20N2O2. The molecule has 4 rings (SSSR count). The van der Waals surface area contributed by atoms with Gasteiger partial charge in [-0.15, -0.1) is 0 Å². The van der Waals surface area contributed by atoms with Gasteiger partial charge in [0.1, 0.15) is 6.61 Å². The van der Waals surface area contributed by atoms with Gasteiger partial charge in [0.15, 0.2) is 0 Å². The smallest absolute Gasteiger partial charge is 0.407 e. The van der Waals surface area contributed by atoms with Crippen LogP contribution >= 0.6 is 0 Å². The Balaban J connectivity index is 1.30. The van der Waals surface area contributed by atoms with Gasteiger partial charge in [0.2, 0.25) is 0 Å². The van der Waals surface area contributed by atoms with Gasteiger partial charge >= 0.3 is 6.09 Å². The first-order valence-electron chi connectivity index (χ1n) is 8.59. The molecule has 0 radical (unpaired) electrons. The highest BCUT2D eigenvalue weighted by Crippen LogP contribution is 2.48. The zero-order valence-electron chi connectivity index (χ0n) is 13.9. The molecule has 1 fully saturated rings. The number of alkyl carbamates (subject to hydrolysis) is 1. The lowest BCUT2D eigenvalue weighted by molar-refractivity contribution is 0.139. The van der Waals surface area contributed by atoms with E-state index in [4.69, 9.17) is 4.74 Å². The number of hydrogen-bond donors (Lipinski definition) is 1. The molecule has 1 N–H and O–H groups in total. The maximum Gasteiger partial charge on any atom is 0.407 e.